The minimum Gasteiger partial charge on any atom is -0.197 e. The fourth-order valence-electron chi connectivity index (χ4n) is 1.73. The van der Waals surface area contributed by atoms with Crippen molar-refractivity contribution in [3.05, 3.63) is 42.1 Å². The maximum Gasteiger partial charge on any atom is 0.212 e. The first-order valence-electron chi connectivity index (χ1n) is 4.81. The molecule has 0 saturated carbocycles. The van der Waals surface area contributed by atoms with Crippen LogP contribution in [0.25, 0.3) is 10.9 Å². The second-order valence-corrected chi connectivity index (χ2v) is 3.88. The number of pyridine rings is 1. The van der Waals surface area contributed by atoms with Gasteiger partial charge in [0.15, 0.2) is 12.7 Å². The summed E-state index contributed by atoms with van der Waals surface area (Å²) in [5.74, 6) is 0.873. The van der Waals surface area contributed by atoms with Crippen molar-refractivity contribution < 1.29 is 4.57 Å². The lowest BCUT2D eigenvalue weighted by Gasteiger charge is -2.01. The van der Waals surface area contributed by atoms with Gasteiger partial charge in [-0.25, -0.2) is 0 Å². The van der Waals surface area contributed by atoms with E-state index in [1.807, 2.05) is 0 Å². The van der Waals surface area contributed by atoms with Gasteiger partial charge in [0.2, 0.25) is 5.52 Å². The number of nitrogens with zero attached hydrogens (tertiary/aromatic N) is 1. The molecule has 0 fully saturated rings. The summed E-state index contributed by atoms with van der Waals surface area (Å²) < 4.78 is 2.25. The van der Waals surface area contributed by atoms with E-state index in [0.29, 0.717) is 0 Å². The van der Waals surface area contributed by atoms with Crippen LogP contribution in [0.5, 0.6) is 0 Å². The Morgan fingerprint density at radius 2 is 2.00 bits per heavy atom. The summed E-state index contributed by atoms with van der Waals surface area (Å²) in [5, 5.41) is 1.33. The SMILES string of the molecule is Cc1cc[n+](CCS)c2ccccc12. The Kier molecular flexibility index (Phi) is 2.73. The molecule has 2 heteroatoms. The molecule has 1 aromatic carbocycles. The van der Waals surface area contributed by atoms with Gasteiger partial charge in [-0.3, -0.25) is 0 Å². The van der Waals surface area contributed by atoms with Crippen molar-refractivity contribution in [3.63, 3.8) is 0 Å². The van der Waals surface area contributed by atoms with Crippen LogP contribution >= 0.6 is 12.6 Å². The highest BCUT2D eigenvalue weighted by Gasteiger charge is 2.08. The molecule has 0 aliphatic rings. The van der Waals surface area contributed by atoms with Crippen molar-refractivity contribution in [2.45, 2.75) is 13.5 Å². The Bertz CT molecular complexity index is 451. The minimum absolute atomic E-state index is 0.873. The van der Waals surface area contributed by atoms with Gasteiger partial charge in [-0.05, 0) is 18.6 Å². The average Bonchev–Trinajstić information content (AvgIpc) is 2.23. The molecule has 0 unspecified atom stereocenters. The molecular weight excluding hydrogens is 190 g/mol. The maximum atomic E-state index is 4.26. The molecule has 0 aliphatic carbocycles. The van der Waals surface area contributed by atoms with Crippen LogP contribution in [0.3, 0.4) is 0 Å². The maximum absolute atomic E-state index is 4.26. The number of rotatable bonds is 2. The summed E-state index contributed by atoms with van der Waals surface area (Å²) in [6.45, 7) is 3.11. The molecule has 1 aromatic heterocycles. The normalized spacial score (nSPS) is 10.7. The number of aromatic nitrogens is 1. The number of hydrogen-bond donors (Lipinski definition) is 1. The molecule has 0 saturated heterocycles. The number of benzene rings is 1. The van der Waals surface area contributed by atoms with E-state index in [1.165, 1.54) is 16.5 Å². The third-order valence-electron chi connectivity index (χ3n) is 2.48. The van der Waals surface area contributed by atoms with Crippen LogP contribution in [0.2, 0.25) is 0 Å². The number of aryl methyl sites for hydroxylation is 2. The molecule has 0 bridgehead atoms. The van der Waals surface area contributed by atoms with E-state index in [9.17, 15) is 0 Å². The molecule has 0 N–H and O–H groups in total. The van der Waals surface area contributed by atoms with Gasteiger partial charge in [0, 0.05) is 23.3 Å². The number of thiol groups is 1. The van der Waals surface area contributed by atoms with Crippen LogP contribution in [0.4, 0.5) is 0 Å². The molecule has 1 nitrogen and oxygen atoms in total. The van der Waals surface area contributed by atoms with E-state index in [4.69, 9.17) is 0 Å². The van der Waals surface area contributed by atoms with Crippen molar-refractivity contribution in [1.82, 2.24) is 0 Å². The first-order chi connectivity index (χ1) is 6.83. The van der Waals surface area contributed by atoms with Gasteiger partial charge in [-0.15, -0.1) is 0 Å². The summed E-state index contributed by atoms with van der Waals surface area (Å²) in [6.07, 6.45) is 2.13. The van der Waals surface area contributed by atoms with Crippen molar-refractivity contribution >= 4 is 23.5 Å². The van der Waals surface area contributed by atoms with E-state index in [-0.39, 0.29) is 0 Å². The van der Waals surface area contributed by atoms with Crippen molar-refractivity contribution in [1.29, 1.82) is 0 Å². The third-order valence-corrected chi connectivity index (χ3v) is 2.68. The van der Waals surface area contributed by atoms with E-state index in [1.54, 1.807) is 0 Å². The summed E-state index contributed by atoms with van der Waals surface area (Å²) in [4.78, 5) is 0. The standard InChI is InChI=1S/C12H13NS/c1-10-6-7-13(8-9-14)12-5-3-2-4-11(10)12/h2-7H,8-9H2,1H3/p+1. The quantitative estimate of drug-likeness (QED) is 0.565. The Morgan fingerprint density at radius 1 is 1.21 bits per heavy atom. The molecule has 72 valence electrons. The predicted molar refractivity (Wildman–Crippen MR) is 62.7 cm³/mol. The largest absolute Gasteiger partial charge is 0.212 e. The van der Waals surface area contributed by atoms with Gasteiger partial charge in [0.25, 0.3) is 0 Å². The fraction of sp³-hybridized carbons (Fsp3) is 0.250. The van der Waals surface area contributed by atoms with Gasteiger partial charge in [0.1, 0.15) is 0 Å². The zero-order valence-electron chi connectivity index (χ0n) is 8.27. The van der Waals surface area contributed by atoms with Crippen molar-refractivity contribution in [3.8, 4) is 0 Å². The second-order valence-electron chi connectivity index (χ2n) is 3.43. The lowest BCUT2D eigenvalue weighted by atomic mass is 10.1. The smallest absolute Gasteiger partial charge is 0.197 e. The van der Waals surface area contributed by atoms with Gasteiger partial charge >= 0.3 is 0 Å². The Hall–Kier alpha value is -1.02. The van der Waals surface area contributed by atoms with Crippen LogP contribution in [0.1, 0.15) is 5.56 Å². The first-order valence-corrected chi connectivity index (χ1v) is 5.45. The summed E-state index contributed by atoms with van der Waals surface area (Å²) >= 11 is 4.26. The average molecular weight is 204 g/mol. The van der Waals surface area contributed by atoms with E-state index < -0.39 is 0 Å². The van der Waals surface area contributed by atoms with Gasteiger partial charge < -0.3 is 0 Å². The van der Waals surface area contributed by atoms with Gasteiger partial charge in [0.05, 0.1) is 0 Å². The highest BCUT2D eigenvalue weighted by atomic mass is 32.1. The van der Waals surface area contributed by atoms with Crippen molar-refractivity contribution in [2.24, 2.45) is 0 Å². The van der Waals surface area contributed by atoms with Crippen LogP contribution in [0, 0.1) is 6.92 Å². The number of para-hydroxylation sites is 1. The fourth-order valence-corrected chi connectivity index (χ4v) is 1.95. The number of hydrogen-bond acceptors (Lipinski definition) is 1. The van der Waals surface area contributed by atoms with Crippen LogP contribution in [0.15, 0.2) is 36.5 Å². The first kappa shape index (κ1) is 9.53. The zero-order valence-corrected chi connectivity index (χ0v) is 9.17. The molecule has 0 spiro atoms. The lowest BCUT2D eigenvalue weighted by Crippen LogP contribution is -2.35. The zero-order chi connectivity index (χ0) is 9.97. The second kappa shape index (κ2) is 4.01. The van der Waals surface area contributed by atoms with Crippen LogP contribution < -0.4 is 4.57 Å². The van der Waals surface area contributed by atoms with Crippen LogP contribution in [-0.2, 0) is 6.54 Å². The monoisotopic (exact) mass is 204 g/mol. The minimum atomic E-state index is 0.873. The van der Waals surface area contributed by atoms with E-state index >= 15 is 0 Å². The highest BCUT2D eigenvalue weighted by molar-refractivity contribution is 7.80. The summed E-state index contributed by atoms with van der Waals surface area (Å²) in [5.41, 5.74) is 2.62. The highest BCUT2D eigenvalue weighted by Crippen LogP contribution is 2.13. The topological polar surface area (TPSA) is 3.88 Å². The number of fused-ring (bicyclic) bond motifs is 1. The molecule has 1 heterocycles. The Balaban J connectivity index is 2.68. The van der Waals surface area contributed by atoms with Gasteiger partial charge in [-0.1, -0.05) is 12.1 Å². The van der Waals surface area contributed by atoms with Crippen LogP contribution in [-0.4, -0.2) is 5.75 Å². The molecule has 14 heavy (non-hydrogen) atoms. The Morgan fingerprint density at radius 3 is 2.79 bits per heavy atom. The summed E-state index contributed by atoms with van der Waals surface area (Å²) in [6, 6.07) is 10.6. The molecule has 0 atom stereocenters. The van der Waals surface area contributed by atoms with Crippen molar-refractivity contribution in [2.75, 3.05) is 5.75 Å². The van der Waals surface area contributed by atoms with Gasteiger partial charge in [-0.2, -0.15) is 17.2 Å². The Labute approximate surface area is 89.8 Å². The predicted octanol–water partition coefficient (Wildman–Crippen LogP) is 2.37. The lowest BCUT2D eigenvalue weighted by molar-refractivity contribution is -0.666. The molecular formula is C12H14NS+. The third kappa shape index (κ3) is 1.62. The van der Waals surface area contributed by atoms with E-state index in [0.717, 1.165) is 12.3 Å². The van der Waals surface area contributed by atoms with E-state index in [2.05, 4.69) is 60.6 Å². The molecule has 0 radical (unpaired) electrons. The molecule has 2 aromatic rings. The molecule has 0 aliphatic heterocycles. The molecule has 0 amide bonds. The molecule has 2 rings (SSSR count). The summed E-state index contributed by atoms with van der Waals surface area (Å²) in [7, 11) is 0.